The van der Waals surface area contributed by atoms with E-state index in [2.05, 4.69) is 0 Å². The highest BCUT2D eigenvalue weighted by Crippen LogP contribution is 2.32. The normalized spacial score (nSPS) is 10.4. The van der Waals surface area contributed by atoms with Crippen LogP contribution in [0, 0.1) is 0 Å². The number of benzene rings is 1. The van der Waals surface area contributed by atoms with Gasteiger partial charge in [0, 0.05) is 5.02 Å². The molecule has 0 amide bonds. The van der Waals surface area contributed by atoms with Crippen LogP contribution in [-0.2, 0) is 12.8 Å². The number of Topliss-reactive ketones (excluding diaryl/α,β-unsaturated/α-hetero) is 1. The molecular weight excluding hydrogens is 212 g/mol. The van der Waals surface area contributed by atoms with Crippen molar-refractivity contribution in [2.24, 2.45) is 0 Å². The second-order valence-electron chi connectivity index (χ2n) is 3.49. The Morgan fingerprint density at radius 3 is 2.40 bits per heavy atom. The maximum absolute atomic E-state index is 11.4. The van der Waals surface area contributed by atoms with Gasteiger partial charge in [0.15, 0.2) is 5.78 Å². The number of hydrogen-bond donors (Lipinski definition) is 1. The van der Waals surface area contributed by atoms with Gasteiger partial charge in [-0.3, -0.25) is 4.79 Å². The van der Waals surface area contributed by atoms with E-state index in [1.54, 1.807) is 6.07 Å². The van der Waals surface area contributed by atoms with Crippen molar-refractivity contribution >= 4 is 17.4 Å². The van der Waals surface area contributed by atoms with Crippen LogP contribution < -0.4 is 0 Å². The van der Waals surface area contributed by atoms with E-state index in [4.69, 9.17) is 11.6 Å². The molecule has 0 saturated carbocycles. The van der Waals surface area contributed by atoms with Crippen LogP contribution >= 0.6 is 11.6 Å². The van der Waals surface area contributed by atoms with E-state index in [-0.39, 0.29) is 11.5 Å². The number of hydrogen-bond acceptors (Lipinski definition) is 2. The number of carbonyl (C=O) groups excluding carboxylic acids is 1. The van der Waals surface area contributed by atoms with Crippen molar-refractivity contribution in [1.82, 2.24) is 0 Å². The number of rotatable bonds is 3. The molecule has 82 valence electrons. The van der Waals surface area contributed by atoms with Crippen molar-refractivity contribution in [3.63, 3.8) is 0 Å². The third-order valence-corrected chi connectivity index (χ3v) is 2.97. The second kappa shape index (κ2) is 4.67. The summed E-state index contributed by atoms with van der Waals surface area (Å²) in [5.41, 5.74) is 2.00. The molecule has 15 heavy (non-hydrogen) atoms. The van der Waals surface area contributed by atoms with E-state index >= 15 is 0 Å². The Morgan fingerprint density at radius 2 is 2.00 bits per heavy atom. The van der Waals surface area contributed by atoms with Gasteiger partial charge in [0.1, 0.15) is 5.75 Å². The molecule has 0 fully saturated rings. The van der Waals surface area contributed by atoms with Gasteiger partial charge in [0.05, 0.1) is 5.56 Å². The van der Waals surface area contributed by atoms with Crippen LogP contribution in [0.1, 0.15) is 42.3 Å². The van der Waals surface area contributed by atoms with Gasteiger partial charge in [-0.05, 0) is 37.0 Å². The van der Waals surface area contributed by atoms with Crippen molar-refractivity contribution in [2.75, 3.05) is 0 Å². The summed E-state index contributed by atoms with van der Waals surface area (Å²) in [5, 5.41) is 10.4. The molecule has 1 aromatic carbocycles. The first-order valence-electron chi connectivity index (χ1n) is 5.07. The molecule has 3 heteroatoms. The summed E-state index contributed by atoms with van der Waals surface area (Å²) in [6.45, 7) is 5.33. The third kappa shape index (κ3) is 2.15. The SMILES string of the molecule is CCc1cc(O)c(C(C)=O)c(CC)c1Cl. The average molecular weight is 227 g/mol. The predicted molar refractivity (Wildman–Crippen MR) is 61.9 cm³/mol. The minimum atomic E-state index is -0.145. The number of halogens is 1. The molecule has 0 atom stereocenters. The minimum absolute atomic E-state index is 0.0422. The summed E-state index contributed by atoms with van der Waals surface area (Å²) < 4.78 is 0. The van der Waals surface area contributed by atoms with Crippen LogP contribution in [0.25, 0.3) is 0 Å². The molecule has 0 aromatic heterocycles. The highest BCUT2D eigenvalue weighted by Gasteiger charge is 2.17. The molecule has 1 rings (SSSR count). The maximum Gasteiger partial charge on any atom is 0.163 e. The lowest BCUT2D eigenvalue weighted by atomic mass is 9.97. The summed E-state index contributed by atoms with van der Waals surface area (Å²) in [4.78, 5) is 11.4. The van der Waals surface area contributed by atoms with Crippen LogP contribution in [0.15, 0.2) is 6.07 Å². The second-order valence-corrected chi connectivity index (χ2v) is 3.86. The number of carbonyl (C=O) groups is 1. The summed E-state index contributed by atoms with van der Waals surface area (Å²) in [7, 11) is 0. The third-order valence-electron chi connectivity index (χ3n) is 2.50. The molecule has 1 N–H and O–H groups in total. The molecule has 0 aliphatic rings. The first kappa shape index (κ1) is 12.1. The molecule has 2 nitrogen and oxygen atoms in total. The topological polar surface area (TPSA) is 37.3 Å². The van der Waals surface area contributed by atoms with Crippen LogP contribution in [0.4, 0.5) is 0 Å². The van der Waals surface area contributed by atoms with E-state index in [9.17, 15) is 9.90 Å². The Balaban J connectivity index is 3.53. The molecule has 0 spiro atoms. The first-order valence-corrected chi connectivity index (χ1v) is 5.44. The van der Waals surface area contributed by atoms with Crippen LogP contribution in [0.3, 0.4) is 0 Å². The zero-order valence-corrected chi connectivity index (χ0v) is 9.98. The van der Waals surface area contributed by atoms with Crippen molar-refractivity contribution in [3.05, 3.63) is 27.8 Å². The minimum Gasteiger partial charge on any atom is -0.507 e. The van der Waals surface area contributed by atoms with Crippen LogP contribution in [-0.4, -0.2) is 10.9 Å². The Kier molecular flexibility index (Phi) is 3.75. The largest absolute Gasteiger partial charge is 0.507 e. The number of ketones is 1. The fraction of sp³-hybridized carbons (Fsp3) is 0.417. The lowest BCUT2D eigenvalue weighted by molar-refractivity contribution is 0.101. The quantitative estimate of drug-likeness (QED) is 0.803. The van der Waals surface area contributed by atoms with E-state index in [1.807, 2.05) is 13.8 Å². The Bertz CT molecular complexity index is 397. The average Bonchev–Trinajstić information content (AvgIpc) is 2.19. The number of phenols is 1. The van der Waals surface area contributed by atoms with Crippen molar-refractivity contribution < 1.29 is 9.90 Å². The lowest BCUT2D eigenvalue weighted by Gasteiger charge is -2.13. The van der Waals surface area contributed by atoms with Crippen molar-refractivity contribution in [2.45, 2.75) is 33.6 Å². The van der Waals surface area contributed by atoms with Gasteiger partial charge >= 0.3 is 0 Å². The van der Waals surface area contributed by atoms with E-state index in [0.29, 0.717) is 17.0 Å². The molecule has 0 aliphatic carbocycles. The smallest absolute Gasteiger partial charge is 0.163 e. The number of aryl methyl sites for hydroxylation is 1. The molecule has 0 heterocycles. The molecule has 0 bridgehead atoms. The summed E-state index contributed by atoms with van der Waals surface area (Å²) >= 11 is 6.17. The molecule has 0 unspecified atom stereocenters. The van der Waals surface area contributed by atoms with Gasteiger partial charge < -0.3 is 5.11 Å². The van der Waals surface area contributed by atoms with E-state index < -0.39 is 0 Å². The highest BCUT2D eigenvalue weighted by atomic mass is 35.5. The Hall–Kier alpha value is -1.02. The Morgan fingerprint density at radius 1 is 1.40 bits per heavy atom. The maximum atomic E-state index is 11.4. The van der Waals surface area contributed by atoms with Gasteiger partial charge in [-0.25, -0.2) is 0 Å². The fourth-order valence-corrected chi connectivity index (χ4v) is 2.16. The van der Waals surface area contributed by atoms with Gasteiger partial charge in [-0.2, -0.15) is 0 Å². The van der Waals surface area contributed by atoms with Gasteiger partial charge in [0.25, 0.3) is 0 Å². The fourth-order valence-electron chi connectivity index (χ4n) is 1.74. The lowest BCUT2D eigenvalue weighted by Crippen LogP contribution is -2.02. The molecule has 1 aromatic rings. The molecule has 0 aliphatic heterocycles. The molecule has 0 radical (unpaired) electrons. The zero-order valence-electron chi connectivity index (χ0n) is 9.22. The van der Waals surface area contributed by atoms with Crippen LogP contribution in [0.2, 0.25) is 5.02 Å². The summed E-state index contributed by atoms with van der Waals surface area (Å²) in [6, 6.07) is 1.58. The van der Waals surface area contributed by atoms with Gasteiger partial charge in [-0.15, -0.1) is 0 Å². The summed E-state index contributed by atoms with van der Waals surface area (Å²) in [6.07, 6.45) is 1.40. The van der Waals surface area contributed by atoms with Crippen molar-refractivity contribution in [3.8, 4) is 5.75 Å². The van der Waals surface area contributed by atoms with E-state index in [1.165, 1.54) is 6.92 Å². The zero-order chi connectivity index (χ0) is 11.6. The highest BCUT2D eigenvalue weighted by molar-refractivity contribution is 6.32. The van der Waals surface area contributed by atoms with Gasteiger partial charge in [-0.1, -0.05) is 25.4 Å². The summed E-state index contributed by atoms with van der Waals surface area (Å²) in [5.74, 6) is -0.102. The standard InChI is InChI=1S/C12H15ClO2/c1-4-8-6-10(15)11(7(3)14)9(5-2)12(8)13/h6,15H,4-5H2,1-3H3. The molecule has 0 saturated heterocycles. The van der Waals surface area contributed by atoms with E-state index in [0.717, 1.165) is 17.5 Å². The van der Waals surface area contributed by atoms with Crippen molar-refractivity contribution in [1.29, 1.82) is 0 Å². The Labute approximate surface area is 94.9 Å². The molecular formula is C12H15ClO2. The number of aromatic hydroxyl groups is 1. The monoisotopic (exact) mass is 226 g/mol. The first-order chi connectivity index (χ1) is 7.02. The van der Waals surface area contributed by atoms with Crippen LogP contribution in [0.5, 0.6) is 5.75 Å². The number of phenolic OH excluding ortho intramolecular Hbond substituents is 1. The van der Waals surface area contributed by atoms with Gasteiger partial charge in [0.2, 0.25) is 0 Å². The predicted octanol–water partition coefficient (Wildman–Crippen LogP) is 3.37.